The number of amides is 1. The van der Waals surface area contributed by atoms with Gasteiger partial charge in [0.2, 0.25) is 0 Å². The Morgan fingerprint density at radius 2 is 2.14 bits per heavy atom. The van der Waals surface area contributed by atoms with E-state index in [0.29, 0.717) is 11.5 Å². The number of carbonyl (C=O) groups is 1. The van der Waals surface area contributed by atoms with Crippen LogP contribution in [0.2, 0.25) is 0 Å². The van der Waals surface area contributed by atoms with E-state index in [1.54, 1.807) is 24.5 Å². The van der Waals surface area contributed by atoms with Crippen LogP contribution in [0.1, 0.15) is 10.4 Å². The number of anilines is 2. The minimum absolute atomic E-state index is 0.0746. The molecule has 0 atom stereocenters. The van der Waals surface area contributed by atoms with Crippen LogP contribution in [0.5, 0.6) is 0 Å². The minimum Gasteiger partial charge on any atom is -0.398 e. The Labute approximate surface area is 125 Å². The van der Waals surface area contributed by atoms with Crippen molar-refractivity contribution in [2.75, 3.05) is 11.1 Å². The number of aromatic nitrogens is 3. The number of rotatable bonds is 3. The summed E-state index contributed by atoms with van der Waals surface area (Å²) in [6.45, 7) is 0. The van der Waals surface area contributed by atoms with Crippen LogP contribution in [0, 0.1) is 5.82 Å². The number of hydrogen-bond donors (Lipinski definition) is 2. The lowest BCUT2D eigenvalue weighted by Gasteiger charge is -2.05. The third-order valence-corrected chi connectivity index (χ3v) is 2.98. The molecule has 3 rings (SSSR count). The maximum Gasteiger partial charge on any atom is 0.257 e. The number of benzene rings is 1. The average molecular weight is 297 g/mol. The molecule has 6 nitrogen and oxygen atoms in total. The van der Waals surface area contributed by atoms with E-state index < -0.39 is 11.7 Å². The summed E-state index contributed by atoms with van der Waals surface area (Å²) in [6, 6.07) is 9.04. The van der Waals surface area contributed by atoms with Gasteiger partial charge in [0.25, 0.3) is 5.91 Å². The zero-order chi connectivity index (χ0) is 15.5. The van der Waals surface area contributed by atoms with Gasteiger partial charge in [0.15, 0.2) is 5.82 Å². The fourth-order valence-electron chi connectivity index (χ4n) is 1.93. The first-order chi connectivity index (χ1) is 10.6. The first-order valence-corrected chi connectivity index (χ1v) is 6.46. The molecule has 7 heteroatoms. The topological polar surface area (TPSA) is 85.8 Å². The number of carbonyl (C=O) groups excluding carboxylic acids is 1. The van der Waals surface area contributed by atoms with Crippen LogP contribution in [0.25, 0.3) is 5.82 Å². The van der Waals surface area contributed by atoms with Crippen LogP contribution in [0.15, 0.2) is 55.0 Å². The Balaban J connectivity index is 1.81. The van der Waals surface area contributed by atoms with Crippen molar-refractivity contribution in [1.82, 2.24) is 14.8 Å². The second-order valence-electron chi connectivity index (χ2n) is 4.55. The normalized spacial score (nSPS) is 10.4. The van der Waals surface area contributed by atoms with Gasteiger partial charge in [-0.05, 0) is 30.3 Å². The van der Waals surface area contributed by atoms with E-state index in [1.165, 1.54) is 23.0 Å². The van der Waals surface area contributed by atoms with E-state index in [4.69, 9.17) is 5.73 Å². The highest BCUT2D eigenvalue weighted by Gasteiger charge is 2.12. The van der Waals surface area contributed by atoms with Crippen LogP contribution in [-0.4, -0.2) is 20.7 Å². The predicted molar refractivity (Wildman–Crippen MR) is 80.1 cm³/mol. The summed E-state index contributed by atoms with van der Waals surface area (Å²) < 4.78 is 14.7. The van der Waals surface area contributed by atoms with E-state index in [0.717, 1.165) is 6.07 Å². The molecule has 0 aliphatic heterocycles. The molecule has 0 saturated carbocycles. The van der Waals surface area contributed by atoms with E-state index in [9.17, 15) is 9.18 Å². The van der Waals surface area contributed by atoms with Crippen LogP contribution >= 0.6 is 0 Å². The molecular weight excluding hydrogens is 285 g/mol. The van der Waals surface area contributed by atoms with Crippen LogP contribution < -0.4 is 11.1 Å². The lowest BCUT2D eigenvalue weighted by molar-refractivity contribution is 0.102. The van der Waals surface area contributed by atoms with Gasteiger partial charge in [-0.2, -0.15) is 5.10 Å². The number of nitrogens with two attached hydrogens (primary N) is 1. The van der Waals surface area contributed by atoms with Crippen molar-refractivity contribution in [2.45, 2.75) is 0 Å². The van der Waals surface area contributed by atoms with Gasteiger partial charge >= 0.3 is 0 Å². The lowest BCUT2D eigenvalue weighted by atomic mass is 10.1. The number of halogens is 1. The third-order valence-electron chi connectivity index (χ3n) is 2.98. The summed E-state index contributed by atoms with van der Waals surface area (Å²) in [6.07, 6.45) is 4.72. The van der Waals surface area contributed by atoms with Crippen molar-refractivity contribution in [3.63, 3.8) is 0 Å². The van der Waals surface area contributed by atoms with Gasteiger partial charge in [-0.15, -0.1) is 0 Å². The molecule has 0 unspecified atom stereocenters. The molecule has 0 aliphatic rings. The van der Waals surface area contributed by atoms with E-state index in [-0.39, 0.29) is 11.3 Å². The van der Waals surface area contributed by atoms with Gasteiger partial charge in [-0.3, -0.25) is 4.79 Å². The predicted octanol–water partition coefficient (Wildman–Crippen LogP) is 2.24. The van der Waals surface area contributed by atoms with Gasteiger partial charge < -0.3 is 11.1 Å². The summed E-state index contributed by atoms with van der Waals surface area (Å²) in [5.74, 6) is -0.408. The third kappa shape index (κ3) is 2.78. The maximum atomic E-state index is 13.2. The summed E-state index contributed by atoms with van der Waals surface area (Å²) in [5.41, 5.74) is 6.42. The quantitative estimate of drug-likeness (QED) is 0.726. The van der Waals surface area contributed by atoms with E-state index >= 15 is 0 Å². The highest BCUT2D eigenvalue weighted by molar-refractivity contribution is 6.07. The molecule has 110 valence electrons. The second-order valence-corrected chi connectivity index (χ2v) is 4.55. The summed E-state index contributed by atoms with van der Waals surface area (Å²) in [4.78, 5) is 16.3. The standard InChI is InChI=1S/C15H12FN5O/c16-10-4-5-13(17)12(7-10)15(22)20-11-8-19-21(9-11)14-3-1-2-6-18-14/h1-9H,17H2,(H,20,22). The zero-order valence-electron chi connectivity index (χ0n) is 11.4. The fraction of sp³-hybridized carbons (Fsp3) is 0. The van der Waals surface area contributed by atoms with Crippen molar-refractivity contribution in [3.8, 4) is 5.82 Å². The molecule has 1 aromatic carbocycles. The highest BCUT2D eigenvalue weighted by atomic mass is 19.1. The first-order valence-electron chi connectivity index (χ1n) is 6.46. The summed E-state index contributed by atoms with van der Waals surface area (Å²) in [7, 11) is 0. The van der Waals surface area contributed by atoms with Crippen molar-refractivity contribution in [2.24, 2.45) is 0 Å². The van der Waals surface area contributed by atoms with Gasteiger partial charge in [-0.25, -0.2) is 14.1 Å². The molecule has 0 spiro atoms. The van der Waals surface area contributed by atoms with Crippen molar-refractivity contribution in [3.05, 3.63) is 66.4 Å². The molecular formula is C15H12FN5O. The molecule has 0 radical (unpaired) electrons. The fourth-order valence-corrected chi connectivity index (χ4v) is 1.93. The van der Waals surface area contributed by atoms with E-state index in [1.807, 2.05) is 6.07 Å². The zero-order valence-corrected chi connectivity index (χ0v) is 11.4. The van der Waals surface area contributed by atoms with Crippen LogP contribution in [0.3, 0.4) is 0 Å². The van der Waals surface area contributed by atoms with Crippen molar-refractivity contribution >= 4 is 17.3 Å². The molecule has 0 saturated heterocycles. The van der Waals surface area contributed by atoms with Gasteiger partial charge in [-0.1, -0.05) is 6.07 Å². The van der Waals surface area contributed by atoms with Crippen molar-refractivity contribution < 1.29 is 9.18 Å². The molecule has 1 amide bonds. The Morgan fingerprint density at radius 3 is 2.91 bits per heavy atom. The van der Waals surface area contributed by atoms with E-state index in [2.05, 4.69) is 15.4 Å². The number of hydrogen-bond acceptors (Lipinski definition) is 4. The number of pyridine rings is 1. The average Bonchev–Trinajstić information content (AvgIpc) is 2.99. The molecule has 3 N–H and O–H groups in total. The molecule has 0 fully saturated rings. The minimum atomic E-state index is -0.525. The Kier molecular flexibility index (Phi) is 3.53. The van der Waals surface area contributed by atoms with Crippen molar-refractivity contribution in [1.29, 1.82) is 0 Å². The van der Waals surface area contributed by atoms with Gasteiger partial charge in [0, 0.05) is 11.9 Å². The largest absolute Gasteiger partial charge is 0.398 e. The SMILES string of the molecule is Nc1ccc(F)cc1C(=O)Nc1cnn(-c2ccccn2)c1. The smallest absolute Gasteiger partial charge is 0.257 e. The summed E-state index contributed by atoms with van der Waals surface area (Å²) in [5, 5.41) is 6.73. The number of nitrogens with zero attached hydrogens (tertiary/aromatic N) is 3. The van der Waals surface area contributed by atoms with Gasteiger partial charge in [0.1, 0.15) is 5.82 Å². The molecule has 2 heterocycles. The molecule has 22 heavy (non-hydrogen) atoms. The second kappa shape index (κ2) is 5.65. The van der Waals surface area contributed by atoms with Crippen LogP contribution in [0.4, 0.5) is 15.8 Å². The Hall–Kier alpha value is -3.22. The first kappa shape index (κ1) is 13.7. The lowest BCUT2D eigenvalue weighted by Crippen LogP contribution is -2.14. The molecule has 2 aromatic heterocycles. The molecule has 3 aromatic rings. The molecule has 0 aliphatic carbocycles. The summed E-state index contributed by atoms with van der Waals surface area (Å²) >= 11 is 0. The number of nitrogens with one attached hydrogen (secondary N) is 1. The Bertz CT molecular complexity index is 816. The maximum absolute atomic E-state index is 13.2. The molecule has 0 bridgehead atoms. The number of nitrogen functional groups attached to an aromatic ring is 1. The Morgan fingerprint density at radius 1 is 1.27 bits per heavy atom. The van der Waals surface area contributed by atoms with Gasteiger partial charge in [0.05, 0.1) is 23.6 Å². The van der Waals surface area contributed by atoms with Crippen LogP contribution in [-0.2, 0) is 0 Å². The monoisotopic (exact) mass is 297 g/mol. The highest BCUT2D eigenvalue weighted by Crippen LogP contribution is 2.16.